The van der Waals surface area contributed by atoms with Gasteiger partial charge in [-0.3, -0.25) is 15.0 Å². The number of hydrogen-bond donors (Lipinski definition) is 6. The van der Waals surface area contributed by atoms with Crippen molar-refractivity contribution < 1.29 is 29.3 Å². The van der Waals surface area contributed by atoms with Crippen molar-refractivity contribution in [3.63, 3.8) is 0 Å². The van der Waals surface area contributed by atoms with E-state index in [1.54, 1.807) is 36.4 Å². The minimum Gasteiger partial charge on any atom is -0.478 e. The van der Waals surface area contributed by atoms with Crippen LogP contribution in [0.2, 0.25) is 0 Å². The Kier molecular flexibility index (Phi) is 10.4. The Bertz CT molecular complexity index is 1460. The van der Waals surface area contributed by atoms with Gasteiger partial charge in [-0.2, -0.15) is 0 Å². The van der Waals surface area contributed by atoms with Gasteiger partial charge in [0.2, 0.25) is 5.88 Å². The maximum atomic E-state index is 13.5. The van der Waals surface area contributed by atoms with E-state index in [1.807, 2.05) is 27.7 Å². The summed E-state index contributed by atoms with van der Waals surface area (Å²) < 4.78 is 5.71. The fraction of sp³-hybridized carbons (Fsp3) is 0.323. The lowest BCUT2D eigenvalue weighted by atomic mass is 9.87. The topological polar surface area (TPSA) is 188 Å². The number of rotatable bonds is 12. The number of ether oxygens (including phenoxy) is 1. The fourth-order valence-electron chi connectivity index (χ4n) is 4.03. The molecule has 1 aromatic heterocycles. The summed E-state index contributed by atoms with van der Waals surface area (Å²) in [6.45, 7) is 7.73. The number of nitrogens with two attached hydrogens (primary N) is 1. The highest BCUT2D eigenvalue weighted by molar-refractivity contribution is 6.10. The molecule has 1 unspecified atom stereocenters. The van der Waals surface area contributed by atoms with Crippen molar-refractivity contribution in [1.29, 1.82) is 5.41 Å². The van der Waals surface area contributed by atoms with Gasteiger partial charge in [-0.05, 0) is 59.9 Å². The molecule has 1 heterocycles. The second-order valence-corrected chi connectivity index (χ2v) is 10.8. The van der Waals surface area contributed by atoms with Crippen LogP contribution in [0.1, 0.15) is 77.3 Å². The van der Waals surface area contributed by atoms with E-state index in [1.165, 1.54) is 18.2 Å². The lowest BCUT2D eigenvalue weighted by Gasteiger charge is -2.29. The van der Waals surface area contributed by atoms with Crippen LogP contribution in [-0.4, -0.2) is 58.1 Å². The summed E-state index contributed by atoms with van der Waals surface area (Å²) in [5.74, 6) is -2.37. The van der Waals surface area contributed by atoms with Crippen LogP contribution in [0.15, 0.2) is 54.6 Å². The second-order valence-electron chi connectivity index (χ2n) is 10.8. The summed E-state index contributed by atoms with van der Waals surface area (Å²) in [5.41, 5.74) is 6.19. The highest BCUT2D eigenvalue weighted by Crippen LogP contribution is 2.30. The molecule has 0 aliphatic carbocycles. The van der Waals surface area contributed by atoms with Crippen LogP contribution < -0.4 is 21.1 Å². The van der Waals surface area contributed by atoms with Gasteiger partial charge in [-0.1, -0.05) is 40.2 Å². The van der Waals surface area contributed by atoms with Gasteiger partial charge >= 0.3 is 5.97 Å². The van der Waals surface area contributed by atoms with Crippen LogP contribution in [0.5, 0.6) is 5.88 Å². The maximum absolute atomic E-state index is 13.5. The number of aromatic carboxylic acids is 1. The summed E-state index contributed by atoms with van der Waals surface area (Å²) in [4.78, 5) is 43.2. The Morgan fingerprint density at radius 1 is 1.00 bits per heavy atom. The van der Waals surface area contributed by atoms with Crippen LogP contribution >= 0.6 is 0 Å². The first-order valence-electron chi connectivity index (χ1n) is 13.5. The number of hydrogen-bond acceptors (Lipinski definition) is 7. The van der Waals surface area contributed by atoms with Crippen LogP contribution in [0, 0.1) is 10.8 Å². The van der Waals surface area contributed by atoms with Crippen molar-refractivity contribution in [2.24, 2.45) is 11.1 Å². The van der Waals surface area contributed by atoms with Crippen molar-refractivity contribution in [3.8, 4) is 17.0 Å². The normalized spacial score (nSPS) is 11.8. The zero-order valence-electron chi connectivity index (χ0n) is 24.2. The average molecular weight is 576 g/mol. The van der Waals surface area contributed by atoms with Gasteiger partial charge in [0.25, 0.3) is 11.8 Å². The van der Waals surface area contributed by atoms with E-state index in [0.717, 1.165) is 12.8 Å². The van der Waals surface area contributed by atoms with E-state index < -0.39 is 29.2 Å². The molecule has 11 nitrogen and oxygen atoms in total. The molecule has 3 aromatic rings. The van der Waals surface area contributed by atoms with Gasteiger partial charge in [-0.25, -0.2) is 9.78 Å². The number of nitrogens with zero attached hydrogens (tertiary/aromatic N) is 1. The first kappa shape index (κ1) is 31.8. The van der Waals surface area contributed by atoms with Gasteiger partial charge < -0.3 is 31.3 Å². The zero-order chi connectivity index (χ0) is 31.0. The number of carboxylic acids is 1. The lowest BCUT2D eigenvalue weighted by Crippen LogP contribution is -2.46. The minimum atomic E-state index is -1.30. The number of nitrogens with one attached hydrogen (secondary N) is 3. The Labute approximate surface area is 244 Å². The van der Waals surface area contributed by atoms with E-state index in [-0.39, 0.29) is 46.3 Å². The summed E-state index contributed by atoms with van der Waals surface area (Å²) in [7, 11) is 0. The molecule has 0 spiro atoms. The molecule has 1 atom stereocenters. The van der Waals surface area contributed by atoms with Crippen LogP contribution in [0.4, 0.5) is 5.69 Å². The smallest absolute Gasteiger partial charge is 0.336 e. The molecular weight excluding hydrogens is 538 g/mol. The monoisotopic (exact) mass is 575 g/mol. The molecule has 0 fully saturated rings. The number of nitrogen functional groups attached to an aromatic ring is 1. The Balaban J connectivity index is 2.04. The van der Waals surface area contributed by atoms with Crippen molar-refractivity contribution in [3.05, 3.63) is 77.0 Å². The van der Waals surface area contributed by atoms with Crippen LogP contribution in [-0.2, 0) is 0 Å². The van der Waals surface area contributed by atoms with Gasteiger partial charge in [0.1, 0.15) is 11.5 Å². The number of carboxylic acid groups (broad SMARTS) is 1. The molecule has 11 heteroatoms. The first-order chi connectivity index (χ1) is 19.8. The van der Waals surface area contributed by atoms with E-state index in [9.17, 15) is 24.6 Å². The molecule has 0 saturated heterocycles. The number of carbonyl (C=O) groups is 3. The Hall–Kier alpha value is -4.77. The number of aliphatic hydroxyl groups excluding tert-OH is 1. The fourth-order valence-corrected chi connectivity index (χ4v) is 4.03. The van der Waals surface area contributed by atoms with E-state index in [0.29, 0.717) is 17.9 Å². The van der Waals surface area contributed by atoms with E-state index in [4.69, 9.17) is 15.9 Å². The molecule has 3 rings (SSSR count). The van der Waals surface area contributed by atoms with Gasteiger partial charge in [-0.15, -0.1) is 0 Å². The SMILES string of the molecule is CCCCOc1ccc(-c2ccc(C(=O)NC(CO)C(C)(C)C)cc2C(=O)O)c(C(=O)Nc2ccc(C(=N)N)cc2)n1. The Morgan fingerprint density at radius 2 is 1.64 bits per heavy atom. The van der Waals surface area contributed by atoms with Crippen LogP contribution in [0.25, 0.3) is 11.1 Å². The van der Waals surface area contributed by atoms with Crippen molar-refractivity contribution >= 4 is 29.3 Å². The number of aliphatic hydroxyl groups is 1. The van der Waals surface area contributed by atoms with E-state index in [2.05, 4.69) is 15.6 Å². The number of carbonyl (C=O) groups excluding carboxylic acids is 2. The predicted octanol–water partition coefficient (Wildman–Crippen LogP) is 4.30. The largest absolute Gasteiger partial charge is 0.478 e. The molecule has 0 saturated carbocycles. The number of unbranched alkanes of at least 4 members (excludes halogenated alkanes) is 1. The highest BCUT2D eigenvalue weighted by atomic mass is 16.5. The number of benzene rings is 2. The maximum Gasteiger partial charge on any atom is 0.336 e. The third-order valence-corrected chi connectivity index (χ3v) is 6.62. The third kappa shape index (κ3) is 7.91. The van der Waals surface area contributed by atoms with Crippen molar-refractivity contribution in [1.82, 2.24) is 10.3 Å². The van der Waals surface area contributed by atoms with Gasteiger partial charge in [0.15, 0.2) is 0 Å². The zero-order valence-corrected chi connectivity index (χ0v) is 24.2. The minimum absolute atomic E-state index is 0.0765. The molecule has 0 aliphatic rings. The third-order valence-electron chi connectivity index (χ3n) is 6.62. The molecule has 0 aliphatic heterocycles. The average Bonchev–Trinajstić information content (AvgIpc) is 2.95. The van der Waals surface area contributed by atoms with Crippen LogP contribution in [0.3, 0.4) is 0 Å². The first-order valence-corrected chi connectivity index (χ1v) is 13.5. The standard InChI is InChI=1S/C31H37N5O6/c1-5-6-15-42-25-14-13-22(26(36-25)29(39)34-20-10-7-18(8-11-20)27(32)33)21-12-9-19(16-23(21)30(40)41)28(38)35-24(17-37)31(2,3)4/h7-14,16,24,37H,5-6,15,17H2,1-4H3,(H3,32,33)(H,34,39)(H,35,38)(H,40,41). The summed E-state index contributed by atoms with van der Waals surface area (Å²) in [5, 5.41) is 32.9. The highest BCUT2D eigenvalue weighted by Gasteiger charge is 2.27. The Morgan fingerprint density at radius 3 is 2.21 bits per heavy atom. The second kappa shape index (κ2) is 13.7. The molecule has 42 heavy (non-hydrogen) atoms. The lowest BCUT2D eigenvalue weighted by molar-refractivity contribution is 0.0697. The molecule has 222 valence electrons. The number of pyridine rings is 1. The van der Waals surface area contributed by atoms with Crippen molar-refractivity contribution in [2.75, 3.05) is 18.5 Å². The molecular formula is C31H37N5O6. The number of amides is 2. The molecule has 0 bridgehead atoms. The summed E-state index contributed by atoms with van der Waals surface area (Å²) in [6, 6.07) is 13.1. The predicted molar refractivity (Wildman–Crippen MR) is 160 cm³/mol. The summed E-state index contributed by atoms with van der Waals surface area (Å²) in [6.07, 6.45) is 1.69. The molecule has 2 aromatic carbocycles. The quantitative estimate of drug-likeness (QED) is 0.105. The van der Waals surface area contributed by atoms with Gasteiger partial charge in [0, 0.05) is 28.4 Å². The van der Waals surface area contributed by atoms with E-state index >= 15 is 0 Å². The summed E-state index contributed by atoms with van der Waals surface area (Å²) >= 11 is 0. The number of amidine groups is 1. The number of anilines is 1. The van der Waals surface area contributed by atoms with Crippen molar-refractivity contribution in [2.45, 2.75) is 46.6 Å². The van der Waals surface area contributed by atoms with Gasteiger partial charge in [0.05, 0.1) is 24.8 Å². The molecule has 2 amide bonds. The number of aromatic nitrogens is 1. The molecule has 7 N–H and O–H groups in total. The molecule has 0 radical (unpaired) electrons.